The lowest BCUT2D eigenvalue weighted by atomic mass is 9.89. The van der Waals surface area contributed by atoms with Crippen molar-refractivity contribution >= 4 is 34.8 Å². The van der Waals surface area contributed by atoms with Gasteiger partial charge in [0, 0.05) is 0 Å². The zero-order chi connectivity index (χ0) is 31.6. The van der Waals surface area contributed by atoms with Gasteiger partial charge in [0.1, 0.15) is 0 Å². The van der Waals surface area contributed by atoms with E-state index >= 15 is 0 Å². The van der Waals surface area contributed by atoms with E-state index in [9.17, 15) is 88.2 Å². The minimum Gasteiger partial charge on any atom is -0.319 e. The molecule has 1 amide bonds. The molecule has 0 aromatic heterocycles. The Bertz CT molecular complexity index is 1090. The highest BCUT2D eigenvalue weighted by Crippen LogP contribution is 2.64. The van der Waals surface area contributed by atoms with E-state index in [-0.39, 0.29) is 12.1 Å². The molecular formula is C16H4Cl2F19NO. The third kappa shape index (κ3) is 5.12. The molecule has 2 nitrogen and oxygen atoms in total. The summed E-state index contributed by atoms with van der Waals surface area (Å²) in [7, 11) is 0. The molecule has 23 heteroatoms. The molecule has 1 aromatic rings. The van der Waals surface area contributed by atoms with Crippen molar-refractivity contribution in [2.24, 2.45) is 0 Å². The van der Waals surface area contributed by atoms with E-state index in [0.717, 1.165) is 0 Å². The highest BCUT2D eigenvalue weighted by atomic mass is 35.5. The Kier molecular flexibility index (Phi) is 8.52. The second-order valence-electron chi connectivity index (χ2n) is 7.17. The van der Waals surface area contributed by atoms with E-state index in [1.165, 1.54) is 0 Å². The van der Waals surface area contributed by atoms with Gasteiger partial charge in [-0.3, -0.25) is 4.79 Å². The number of hydrogen-bond acceptors (Lipinski definition) is 1. The Hall–Kier alpha value is -2.06. The number of alkyl halides is 20. The molecule has 0 atom stereocenters. The Morgan fingerprint density at radius 1 is 0.590 bits per heavy atom. The summed E-state index contributed by atoms with van der Waals surface area (Å²) in [4.78, 5) is 11.5. The van der Waals surface area contributed by atoms with Crippen LogP contribution < -0.4 is 5.32 Å². The average molecular weight is 658 g/mol. The van der Waals surface area contributed by atoms with Gasteiger partial charge in [0.05, 0.1) is 16.3 Å². The Morgan fingerprint density at radius 3 is 1.31 bits per heavy atom. The molecule has 0 saturated carbocycles. The van der Waals surface area contributed by atoms with Crippen molar-refractivity contribution in [3.05, 3.63) is 28.8 Å². The number of amides is 1. The zero-order valence-electron chi connectivity index (χ0n) is 17.1. The largest absolute Gasteiger partial charge is 0.416 e. The quantitative estimate of drug-likeness (QED) is 0.209. The Balaban J connectivity index is 3.63. The molecule has 39 heavy (non-hydrogen) atoms. The first-order chi connectivity index (χ1) is 16.8. The first kappa shape index (κ1) is 35.0. The number of anilines is 1. The van der Waals surface area contributed by atoms with Crippen molar-refractivity contribution in [2.75, 3.05) is 5.32 Å². The normalized spacial score (nSPS) is 15.4. The van der Waals surface area contributed by atoms with Crippen LogP contribution in [0.3, 0.4) is 0 Å². The van der Waals surface area contributed by atoms with Crippen molar-refractivity contribution in [1.29, 1.82) is 0 Å². The van der Waals surface area contributed by atoms with Crippen LogP contribution in [-0.4, -0.2) is 52.7 Å². The van der Waals surface area contributed by atoms with Gasteiger partial charge in [-0.25, -0.2) is 0 Å². The van der Waals surface area contributed by atoms with Gasteiger partial charge < -0.3 is 5.32 Å². The molecule has 1 aromatic carbocycles. The standard InChI is InChI=1S/C16H4Cl2F19NO/c17-5-2-1-4(9(21,22)23)3-6(5)38-7(39)8(19,20)10(24,25)11(26,27)12(28,29)13(30,31)14(32,33)15(34,35)16(18,36)37/h1-3H,(H,38,39). The van der Waals surface area contributed by atoms with Crippen LogP contribution >= 0.6 is 23.2 Å². The molecule has 0 radical (unpaired) electrons. The average Bonchev–Trinajstić information content (AvgIpc) is 2.72. The SMILES string of the molecule is O=C(Nc1cc(C(F)(F)F)ccc1Cl)C(F)(F)C(F)(F)C(F)(F)C(F)(F)C(F)(F)C(F)(F)C(F)(F)C(F)(F)Cl. The summed E-state index contributed by atoms with van der Waals surface area (Å²) in [5, 5.41) is -7.84. The van der Waals surface area contributed by atoms with Crippen LogP contribution in [0.4, 0.5) is 89.1 Å². The van der Waals surface area contributed by atoms with Crippen LogP contribution in [0.1, 0.15) is 5.56 Å². The summed E-state index contributed by atoms with van der Waals surface area (Å²) in [6.07, 6.45) is -5.37. The predicted molar refractivity (Wildman–Crippen MR) is 90.5 cm³/mol. The second kappa shape index (κ2) is 9.51. The number of benzene rings is 1. The van der Waals surface area contributed by atoms with Gasteiger partial charge in [-0.1, -0.05) is 11.6 Å². The van der Waals surface area contributed by atoms with Crippen molar-refractivity contribution in [1.82, 2.24) is 0 Å². The van der Waals surface area contributed by atoms with E-state index < -0.39 is 81.3 Å². The van der Waals surface area contributed by atoms with Crippen molar-refractivity contribution in [2.45, 2.75) is 53.0 Å². The number of halogens is 21. The van der Waals surface area contributed by atoms with Gasteiger partial charge in [0.2, 0.25) is 0 Å². The van der Waals surface area contributed by atoms with Crippen molar-refractivity contribution in [3.8, 4) is 0 Å². The summed E-state index contributed by atoms with van der Waals surface area (Å²) < 4.78 is 253. The van der Waals surface area contributed by atoms with Crippen LogP contribution in [-0.2, 0) is 11.0 Å². The lowest BCUT2D eigenvalue weighted by Crippen LogP contribution is -2.75. The Morgan fingerprint density at radius 2 is 0.949 bits per heavy atom. The number of rotatable bonds is 9. The van der Waals surface area contributed by atoms with Gasteiger partial charge in [-0.2, -0.15) is 83.4 Å². The molecule has 0 fully saturated rings. The van der Waals surface area contributed by atoms with Gasteiger partial charge in [-0.05, 0) is 29.8 Å². The molecule has 0 saturated heterocycles. The topological polar surface area (TPSA) is 29.1 Å². The molecule has 1 rings (SSSR count). The highest BCUT2D eigenvalue weighted by Gasteiger charge is 2.95. The molecule has 0 unspecified atom stereocenters. The third-order valence-corrected chi connectivity index (χ3v) is 5.12. The maximum Gasteiger partial charge on any atom is 0.416 e. The summed E-state index contributed by atoms with van der Waals surface area (Å²) >= 11 is 8.58. The first-order valence-corrected chi connectivity index (χ1v) is 9.42. The molecule has 1 N–H and O–H groups in total. The summed E-state index contributed by atoms with van der Waals surface area (Å²) in [6, 6.07) is -0.166. The van der Waals surface area contributed by atoms with Gasteiger partial charge in [-0.15, -0.1) is 0 Å². The molecule has 0 bridgehead atoms. The molecule has 0 aliphatic heterocycles. The predicted octanol–water partition coefficient (Wildman–Crippen LogP) is 8.58. The third-order valence-electron chi connectivity index (χ3n) is 4.55. The molecule has 0 spiro atoms. The van der Waals surface area contributed by atoms with Gasteiger partial charge in [0.25, 0.3) is 0 Å². The minimum absolute atomic E-state index is 0.0852. The molecule has 226 valence electrons. The summed E-state index contributed by atoms with van der Waals surface area (Å²) in [5.41, 5.74) is -3.63. The fraction of sp³-hybridized carbons (Fsp3) is 0.562. The van der Waals surface area contributed by atoms with E-state index in [1.54, 1.807) is 0 Å². The highest BCUT2D eigenvalue weighted by molar-refractivity contribution is 6.33. The van der Waals surface area contributed by atoms with Crippen LogP contribution in [0.2, 0.25) is 5.02 Å². The van der Waals surface area contributed by atoms with Gasteiger partial charge >= 0.3 is 58.9 Å². The van der Waals surface area contributed by atoms with E-state index in [0.29, 0.717) is 5.32 Å². The fourth-order valence-electron chi connectivity index (χ4n) is 2.30. The maximum atomic E-state index is 13.9. The molecular weight excluding hydrogens is 654 g/mol. The van der Waals surface area contributed by atoms with E-state index in [1.807, 2.05) is 0 Å². The number of hydrogen-bond donors (Lipinski definition) is 1. The fourth-order valence-corrected chi connectivity index (χ4v) is 2.59. The van der Waals surface area contributed by atoms with Crippen LogP contribution in [0.5, 0.6) is 0 Å². The molecule has 0 aliphatic carbocycles. The molecule has 0 aliphatic rings. The lowest BCUT2D eigenvalue weighted by Gasteiger charge is -2.42. The number of carbonyl (C=O) groups is 1. The van der Waals surface area contributed by atoms with Crippen molar-refractivity contribution < 1.29 is 88.2 Å². The lowest BCUT2D eigenvalue weighted by molar-refractivity contribution is -0.445. The van der Waals surface area contributed by atoms with Gasteiger partial charge in [0.15, 0.2) is 0 Å². The zero-order valence-corrected chi connectivity index (χ0v) is 18.6. The van der Waals surface area contributed by atoms with E-state index in [4.69, 9.17) is 11.6 Å². The minimum atomic E-state index is -8.81. The molecule has 0 heterocycles. The summed E-state index contributed by atoms with van der Waals surface area (Å²) in [5.74, 6) is -62.4. The van der Waals surface area contributed by atoms with E-state index in [2.05, 4.69) is 11.6 Å². The van der Waals surface area contributed by atoms with Crippen LogP contribution in [0.25, 0.3) is 0 Å². The summed E-state index contributed by atoms with van der Waals surface area (Å²) in [6.45, 7) is 0. The number of nitrogens with one attached hydrogen (secondary N) is 1. The second-order valence-corrected chi connectivity index (χ2v) is 8.05. The van der Waals surface area contributed by atoms with Crippen molar-refractivity contribution in [3.63, 3.8) is 0 Å². The monoisotopic (exact) mass is 657 g/mol. The van der Waals surface area contributed by atoms with Crippen LogP contribution in [0, 0.1) is 0 Å². The number of carbonyl (C=O) groups excluding carboxylic acids is 1. The smallest absolute Gasteiger partial charge is 0.319 e. The van der Waals surface area contributed by atoms with Crippen LogP contribution in [0.15, 0.2) is 18.2 Å². The first-order valence-electron chi connectivity index (χ1n) is 8.66. The Labute approximate surface area is 211 Å². The maximum absolute atomic E-state index is 13.9.